The fourth-order valence-corrected chi connectivity index (χ4v) is 2.29. The molecule has 3 atom stereocenters. The fourth-order valence-electron chi connectivity index (χ4n) is 2.29. The number of hydrogen-bond donors (Lipinski definition) is 2. The van der Waals surface area contributed by atoms with Gasteiger partial charge in [-0.3, -0.25) is 4.79 Å². The Kier molecular flexibility index (Phi) is 5.09. The summed E-state index contributed by atoms with van der Waals surface area (Å²) in [7, 11) is 0. The molecular weight excluding hydrogens is 188 g/mol. The maximum absolute atomic E-state index is 11.6. The number of amides is 1. The molecule has 3 N–H and O–H groups in total. The molecule has 0 heterocycles. The second-order valence-corrected chi connectivity index (χ2v) is 4.66. The van der Waals surface area contributed by atoms with E-state index in [4.69, 9.17) is 5.73 Å². The van der Waals surface area contributed by atoms with Crippen LogP contribution in [0.25, 0.3) is 0 Å². The van der Waals surface area contributed by atoms with Crippen molar-refractivity contribution >= 4 is 5.91 Å². The maximum atomic E-state index is 11.6. The predicted molar refractivity (Wildman–Crippen MR) is 62.4 cm³/mol. The highest BCUT2D eigenvalue weighted by Gasteiger charge is 2.23. The number of nitrogens with one attached hydrogen (secondary N) is 1. The smallest absolute Gasteiger partial charge is 0.237 e. The van der Waals surface area contributed by atoms with Crippen LogP contribution in [0.2, 0.25) is 0 Å². The second-order valence-electron chi connectivity index (χ2n) is 4.66. The quantitative estimate of drug-likeness (QED) is 0.746. The van der Waals surface area contributed by atoms with Crippen LogP contribution < -0.4 is 11.1 Å². The Morgan fingerprint density at radius 3 is 2.80 bits per heavy atom. The predicted octanol–water partition coefficient (Wildman–Crippen LogP) is 1.81. The summed E-state index contributed by atoms with van der Waals surface area (Å²) in [5.41, 5.74) is 5.69. The highest BCUT2D eigenvalue weighted by atomic mass is 16.2. The van der Waals surface area contributed by atoms with Gasteiger partial charge in [-0.15, -0.1) is 0 Å². The first kappa shape index (κ1) is 12.5. The van der Waals surface area contributed by atoms with Crippen LogP contribution in [0.15, 0.2) is 0 Å². The molecule has 0 aromatic rings. The third kappa shape index (κ3) is 3.82. The van der Waals surface area contributed by atoms with E-state index in [1.54, 1.807) is 0 Å². The maximum Gasteiger partial charge on any atom is 0.237 e. The lowest BCUT2D eigenvalue weighted by Gasteiger charge is -2.29. The standard InChI is InChI=1S/C12H24N2O/c1-3-9-6-5-7-10(8-9)14-12(15)11(13)4-2/h9-11H,3-8,13H2,1-2H3,(H,14,15). The van der Waals surface area contributed by atoms with Crippen LogP contribution in [0.5, 0.6) is 0 Å². The van der Waals surface area contributed by atoms with E-state index in [1.807, 2.05) is 6.92 Å². The SMILES string of the molecule is CCC1CCCC(NC(=O)C(N)CC)C1. The zero-order valence-corrected chi connectivity index (χ0v) is 9.96. The van der Waals surface area contributed by atoms with Crippen molar-refractivity contribution in [1.29, 1.82) is 0 Å². The molecule has 1 amide bonds. The lowest BCUT2D eigenvalue weighted by molar-refractivity contribution is -0.123. The lowest BCUT2D eigenvalue weighted by atomic mass is 9.84. The minimum atomic E-state index is -0.327. The molecule has 3 unspecified atom stereocenters. The molecule has 1 saturated carbocycles. The van der Waals surface area contributed by atoms with E-state index in [0.29, 0.717) is 6.04 Å². The van der Waals surface area contributed by atoms with Gasteiger partial charge < -0.3 is 11.1 Å². The molecule has 1 fully saturated rings. The summed E-state index contributed by atoms with van der Waals surface area (Å²) in [4.78, 5) is 11.6. The van der Waals surface area contributed by atoms with Gasteiger partial charge in [-0.25, -0.2) is 0 Å². The van der Waals surface area contributed by atoms with E-state index in [9.17, 15) is 4.79 Å². The van der Waals surface area contributed by atoms with Gasteiger partial charge in [0.1, 0.15) is 0 Å². The molecule has 15 heavy (non-hydrogen) atoms. The molecule has 0 aromatic carbocycles. The van der Waals surface area contributed by atoms with Crippen molar-refractivity contribution < 1.29 is 4.79 Å². The van der Waals surface area contributed by atoms with Crippen molar-refractivity contribution in [3.8, 4) is 0 Å². The van der Waals surface area contributed by atoms with Gasteiger partial charge in [0.15, 0.2) is 0 Å². The molecule has 3 nitrogen and oxygen atoms in total. The summed E-state index contributed by atoms with van der Waals surface area (Å²) >= 11 is 0. The Balaban J connectivity index is 2.34. The Bertz CT molecular complexity index is 206. The van der Waals surface area contributed by atoms with Crippen LogP contribution in [0.3, 0.4) is 0 Å². The largest absolute Gasteiger partial charge is 0.352 e. The first-order chi connectivity index (χ1) is 7.17. The Morgan fingerprint density at radius 2 is 2.20 bits per heavy atom. The minimum Gasteiger partial charge on any atom is -0.352 e. The summed E-state index contributed by atoms with van der Waals surface area (Å²) in [5.74, 6) is 0.821. The molecule has 0 aliphatic heterocycles. The average molecular weight is 212 g/mol. The third-order valence-electron chi connectivity index (χ3n) is 3.48. The van der Waals surface area contributed by atoms with Gasteiger partial charge in [0.05, 0.1) is 6.04 Å². The molecule has 0 radical (unpaired) electrons. The van der Waals surface area contributed by atoms with Gasteiger partial charge in [-0.05, 0) is 25.2 Å². The molecule has 1 aliphatic carbocycles. The van der Waals surface area contributed by atoms with E-state index in [2.05, 4.69) is 12.2 Å². The van der Waals surface area contributed by atoms with Crippen molar-refractivity contribution in [2.24, 2.45) is 11.7 Å². The fraction of sp³-hybridized carbons (Fsp3) is 0.917. The molecule has 0 saturated heterocycles. The Labute approximate surface area is 92.8 Å². The molecule has 88 valence electrons. The van der Waals surface area contributed by atoms with Crippen molar-refractivity contribution in [3.63, 3.8) is 0 Å². The zero-order valence-electron chi connectivity index (χ0n) is 9.96. The number of carbonyl (C=O) groups is 1. The van der Waals surface area contributed by atoms with Crippen LogP contribution in [0, 0.1) is 5.92 Å². The summed E-state index contributed by atoms with van der Waals surface area (Å²) in [5, 5.41) is 3.07. The Hall–Kier alpha value is -0.570. The highest BCUT2D eigenvalue weighted by molar-refractivity contribution is 5.81. The van der Waals surface area contributed by atoms with Crippen LogP contribution in [-0.4, -0.2) is 18.0 Å². The van der Waals surface area contributed by atoms with Gasteiger partial charge in [-0.2, -0.15) is 0 Å². The average Bonchev–Trinajstić information content (AvgIpc) is 2.28. The van der Waals surface area contributed by atoms with Gasteiger partial charge in [0, 0.05) is 6.04 Å². The van der Waals surface area contributed by atoms with E-state index in [-0.39, 0.29) is 11.9 Å². The molecular formula is C12H24N2O. The number of nitrogens with two attached hydrogens (primary N) is 1. The molecule has 0 bridgehead atoms. The minimum absolute atomic E-state index is 0.0271. The normalized spacial score (nSPS) is 28.5. The van der Waals surface area contributed by atoms with E-state index >= 15 is 0 Å². The molecule has 0 aromatic heterocycles. The lowest BCUT2D eigenvalue weighted by Crippen LogP contribution is -2.46. The van der Waals surface area contributed by atoms with Crippen LogP contribution in [-0.2, 0) is 4.79 Å². The van der Waals surface area contributed by atoms with Crippen LogP contribution >= 0.6 is 0 Å². The number of rotatable bonds is 4. The number of carbonyl (C=O) groups excluding carboxylic acids is 1. The van der Waals surface area contributed by atoms with Crippen LogP contribution in [0.1, 0.15) is 52.4 Å². The van der Waals surface area contributed by atoms with Crippen molar-refractivity contribution in [3.05, 3.63) is 0 Å². The first-order valence-electron chi connectivity index (χ1n) is 6.23. The van der Waals surface area contributed by atoms with Gasteiger partial charge in [0.25, 0.3) is 0 Å². The zero-order chi connectivity index (χ0) is 11.3. The first-order valence-corrected chi connectivity index (χ1v) is 6.23. The van der Waals surface area contributed by atoms with Crippen LogP contribution in [0.4, 0.5) is 0 Å². The molecule has 1 aliphatic rings. The van der Waals surface area contributed by atoms with Crippen molar-refractivity contribution in [2.75, 3.05) is 0 Å². The summed E-state index contributed by atoms with van der Waals surface area (Å²) < 4.78 is 0. The highest BCUT2D eigenvalue weighted by Crippen LogP contribution is 2.26. The van der Waals surface area contributed by atoms with E-state index in [0.717, 1.165) is 25.2 Å². The van der Waals surface area contributed by atoms with Crippen molar-refractivity contribution in [1.82, 2.24) is 5.32 Å². The van der Waals surface area contributed by atoms with E-state index < -0.39 is 0 Å². The van der Waals surface area contributed by atoms with E-state index in [1.165, 1.54) is 19.3 Å². The summed E-state index contributed by atoms with van der Waals surface area (Å²) in [6.07, 6.45) is 6.77. The summed E-state index contributed by atoms with van der Waals surface area (Å²) in [6.45, 7) is 4.17. The summed E-state index contributed by atoms with van der Waals surface area (Å²) in [6, 6.07) is 0.0424. The van der Waals surface area contributed by atoms with Gasteiger partial charge in [0.2, 0.25) is 5.91 Å². The monoisotopic (exact) mass is 212 g/mol. The Morgan fingerprint density at radius 1 is 1.47 bits per heavy atom. The third-order valence-corrected chi connectivity index (χ3v) is 3.48. The molecule has 3 heteroatoms. The second kappa shape index (κ2) is 6.11. The number of hydrogen-bond acceptors (Lipinski definition) is 2. The van der Waals surface area contributed by atoms with Gasteiger partial charge >= 0.3 is 0 Å². The topological polar surface area (TPSA) is 55.1 Å². The molecule has 0 spiro atoms. The van der Waals surface area contributed by atoms with Crippen molar-refractivity contribution in [2.45, 2.75) is 64.5 Å². The van der Waals surface area contributed by atoms with Gasteiger partial charge in [-0.1, -0.05) is 33.1 Å². The molecule has 1 rings (SSSR count).